The van der Waals surface area contributed by atoms with Gasteiger partial charge in [0.25, 0.3) is 0 Å². The first kappa shape index (κ1) is 12.6. The van der Waals surface area contributed by atoms with Crippen molar-refractivity contribution in [2.75, 3.05) is 0 Å². The van der Waals surface area contributed by atoms with Crippen LogP contribution in [0, 0.1) is 23.2 Å². The third kappa shape index (κ3) is 1.97. The summed E-state index contributed by atoms with van der Waals surface area (Å²) in [6.07, 6.45) is 9.07. The van der Waals surface area contributed by atoms with Crippen molar-refractivity contribution >= 4 is 15.7 Å². The van der Waals surface area contributed by atoms with Gasteiger partial charge in [-0.25, -0.2) is 0 Å². The van der Waals surface area contributed by atoms with Crippen molar-refractivity contribution in [1.82, 2.24) is 0 Å². The van der Waals surface area contributed by atoms with Gasteiger partial charge < -0.3 is 0 Å². The average molecular weight is 218 g/mol. The van der Waals surface area contributed by atoms with Gasteiger partial charge in [0.1, 0.15) is 15.7 Å². The zero-order valence-electron chi connectivity index (χ0n) is 12.0. The van der Waals surface area contributed by atoms with Gasteiger partial charge in [0.15, 0.2) is 0 Å². The summed E-state index contributed by atoms with van der Waals surface area (Å²) in [4.78, 5) is 0. The van der Waals surface area contributed by atoms with Crippen LogP contribution in [-0.4, -0.2) is 15.7 Å². The van der Waals surface area contributed by atoms with Gasteiger partial charge in [-0.05, 0) is 29.6 Å². The lowest BCUT2D eigenvalue weighted by Gasteiger charge is -2.51. The molecule has 2 fully saturated rings. The zero-order valence-corrected chi connectivity index (χ0v) is 12.0. The molecule has 2 saturated carbocycles. The molecule has 3 unspecified atom stereocenters. The van der Waals surface area contributed by atoms with Crippen LogP contribution in [0.25, 0.3) is 0 Å². The van der Waals surface area contributed by atoms with E-state index in [1.54, 1.807) is 0 Å². The van der Waals surface area contributed by atoms with E-state index in [1.807, 2.05) is 0 Å². The summed E-state index contributed by atoms with van der Waals surface area (Å²) in [5, 5.41) is 0.501. The van der Waals surface area contributed by atoms with E-state index in [4.69, 9.17) is 0 Å². The first-order valence-corrected chi connectivity index (χ1v) is 7.34. The molecule has 0 spiro atoms. The van der Waals surface area contributed by atoms with Gasteiger partial charge in [0, 0.05) is 0 Å². The highest BCUT2D eigenvalue weighted by Crippen LogP contribution is 2.57. The van der Waals surface area contributed by atoms with Gasteiger partial charge in [0.2, 0.25) is 0 Å². The molecular weight excluding hydrogens is 190 g/mol. The van der Waals surface area contributed by atoms with Gasteiger partial charge >= 0.3 is 0 Å². The fraction of sp³-hybridized carbons (Fsp3) is 1.00. The third-order valence-electron chi connectivity index (χ3n) is 6.18. The molecule has 0 aromatic rings. The largest absolute Gasteiger partial charge is 0.100 e. The average Bonchev–Trinajstić information content (AvgIpc) is 2.62. The first-order chi connectivity index (χ1) is 7.34. The monoisotopic (exact) mass is 218 g/mol. The molecule has 2 heteroatoms. The highest BCUT2D eigenvalue weighted by atomic mass is 14.5. The smallest absolute Gasteiger partial charge is 0.0769 e. The minimum Gasteiger partial charge on any atom is -0.0769 e. The van der Waals surface area contributed by atoms with Gasteiger partial charge in [-0.2, -0.15) is 0 Å². The Kier molecular flexibility index (Phi) is 3.23. The quantitative estimate of drug-likeness (QED) is 0.593. The SMILES string of the molecule is BC(B)(C1CCCC2CCCC21)C(C)(C)C. The van der Waals surface area contributed by atoms with Crippen LogP contribution in [0.4, 0.5) is 0 Å². The van der Waals surface area contributed by atoms with Crippen LogP contribution in [0.3, 0.4) is 0 Å². The number of hydrogen-bond acceptors (Lipinski definition) is 0. The molecule has 90 valence electrons. The molecule has 0 N–H and O–H groups in total. The lowest BCUT2D eigenvalue weighted by Crippen LogP contribution is -2.43. The molecule has 2 aliphatic carbocycles. The summed E-state index contributed by atoms with van der Waals surface area (Å²) < 4.78 is 0. The number of rotatable bonds is 1. The van der Waals surface area contributed by atoms with Crippen LogP contribution in [0.2, 0.25) is 5.21 Å². The van der Waals surface area contributed by atoms with Crippen molar-refractivity contribution in [3.8, 4) is 0 Å². The van der Waals surface area contributed by atoms with Crippen LogP contribution in [0.15, 0.2) is 0 Å². The Hall–Kier alpha value is 0.130. The number of hydrogen-bond donors (Lipinski definition) is 0. The molecule has 0 nitrogen and oxygen atoms in total. The molecule has 0 heterocycles. The Morgan fingerprint density at radius 1 is 0.875 bits per heavy atom. The summed E-state index contributed by atoms with van der Waals surface area (Å²) in [7, 11) is 5.05. The lowest BCUT2D eigenvalue weighted by atomic mass is 9.35. The molecule has 0 amide bonds. The van der Waals surface area contributed by atoms with Crippen molar-refractivity contribution < 1.29 is 0 Å². The predicted octanol–water partition coefficient (Wildman–Crippen LogP) is 2.63. The molecule has 2 aliphatic rings. The van der Waals surface area contributed by atoms with E-state index in [2.05, 4.69) is 36.5 Å². The molecular formula is C14H28B2. The topological polar surface area (TPSA) is 0 Å². The van der Waals surface area contributed by atoms with Crippen molar-refractivity contribution in [3.05, 3.63) is 0 Å². The van der Waals surface area contributed by atoms with E-state index in [9.17, 15) is 0 Å². The van der Waals surface area contributed by atoms with E-state index in [1.165, 1.54) is 38.5 Å². The molecule has 3 atom stereocenters. The van der Waals surface area contributed by atoms with Crippen LogP contribution in [0.1, 0.15) is 59.3 Å². The Morgan fingerprint density at radius 3 is 2.00 bits per heavy atom. The molecule has 0 aromatic carbocycles. The van der Waals surface area contributed by atoms with Gasteiger partial charge in [-0.3, -0.25) is 0 Å². The molecule has 0 saturated heterocycles. The second-order valence-electron chi connectivity index (χ2n) is 7.86. The second-order valence-corrected chi connectivity index (χ2v) is 7.86. The zero-order chi connectivity index (χ0) is 12.0. The lowest BCUT2D eigenvalue weighted by molar-refractivity contribution is 0.114. The van der Waals surface area contributed by atoms with Crippen molar-refractivity contribution in [3.63, 3.8) is 0 Å². The fourth-order valence-electron chi connectivity index (χ4n) is 4.22. The molecule has 16 heavy (non-hydrogen) atoms. The van der Waals surface area contributed by atoms with Crippen LogP contribution in [0.5, 0.6) is 0 Å². The molecule has 2 rings (SSSR count). The van der Waals surface area contributed by atoms with Crippen LogP contribution < -0.4 is 0 Å². The standard InChI is InChI=1S/C14H28B2/c1-13(2,3)14(15,16)12-9-5-7-10-6-4-8-11(10)12/h10-12H,4-9,15-16H2,1-3H3. The molecule has 0 aromatic heterocycles. The minimum atomic E-state index is 0.447. The van der Waals surface area contributed by atoms with Gasteiger partial charge in [-0.15, -0.1) is 0 Å². The maximum Gasteiger partial charge on any atom is 0.100 e. The number of fused-ring (bicyclic) bond motifs is 1. The fourth-order valence-corrected chi connectivity index (χ4v) is 4.22. The van der Waals surface area contributed by atoms with E-state index in [0.29, 0.717) is 10.6 Å². The summed E-state index contributed by atoms with van der Waals surface area (Å²) in [6.45, 7) is 7.31. The van der Waals surface area contributed by atoms with E-state index < -0.39 is 0 Å². The molecule has 0 bridgehead atoms. The van der Waals surface area contributed by atoms with Crippen LogP contribution in [-0.2, 0) is 0 Å². The van der Waals surface area contributed by atoms with E-state index >= 15 is 0 Å². The minimum absolute atomic E-state index is 0.447. The molecule has 0 aliphatic heterocycles. The maximum absolute atomic E-state index is 2.53. The maximum atomic E-state index is 2.53. The summed E-state index contributed by atoms with van der Waals surface area (Å²) in [6, 6.07) is 0. The van der Waals surface area contributed by atoms with E-state index in [-0.39, 0.29) is 0 Å². The van der Waals surface area contributed by atoms with Crippen molar-refractivity contribution in [2.45, 2.75) is 64.5 Å². The predicted molar refractivity (Wildman–Crippen MR) is 77.4 cm³/mol. The normalized spacial score (nSPS) is 36.1. The summed E-state index contributed by atoms with van der Waals surface area (Å²) in [5.74, 6) is 3.12. The summed E-state index contributed by atoms with van der Waals surface area (Å²) >= 11 is 0. The second kappa shape index (κ2) is 4.10. The highest BCUT2D eigenvalue weighted by Gasteiger charge is 2.47. The molecule has 0 radical (unpaired) electrons. The Bertz CT molecular complexity index is 252. The van der Waals surface area contributed by atoms with Gasteiger partial charge in [0.05, 0.1) is 0 Å². The van der Waals surface area contributed by atoms with Crippen LogP contribution >= 0.6 is 0 Å². The Morgan fingerprint density at radius 2 is 1.44 bits per heavy atom. The van der Waals surface area contributed by atoms with Crippen molar-refractivity contribution in [2.24, 2.45) is 23.2 Å². The Labute approximate surface area is 104 Å². The Balaban J connectivity index is 2.19. The first-order valence-electron chi connectivity index (χ1n) is 7.34. The third-order valence-corrected chi connectivity index (χ3v) is 6.18. The van der Waals surface area contributed by atoms with E-state index in [0.717, 1.165) is 17.8 Å². The van der Waals surface area contributed by atoms with Crippen molar-refractivity contribution in [1.29, 1.82) is 0 Å². The highest BCUT2D eigenvalue weighted by molar-refractivity contribution is 6.40. The summed E-state index contributed by atoms with van der Waals surface area (Å²) in [5.41, 5.74) is 0.447. The van der Waals surface area contributed by atoms with Gasteiger partial charge in [-0.1, -0.05) is 58.1 Å².